The highest BCUT2D eigenvalue weighted by Crippen LogP contribution is 2.39. The van der Waals surface area contributed by atoms with Crippen LogP contribution in [0.5, 0.6) is 0 Å². The van der Waals surface area contributed by atoms with Crippen molar-refractivity contribution in [1.29, 1.82) is 0 Å². The average Bonchev–Trinajstić information content (AvgIpc) is 4.38. The van der Waals surface area contributed by atoms with Crippen LogP contribution in [0.3, 0.4) is 0 Å². The van der Waals surface area contributed by atoms with Gasteiger partial charge in [0.1, 0.15) is 33.5 Å². The first-order valence-electron chi connectivity index (χ1n) is 29.1. The summed E-state index contributed by atoms with van der Waals surface area (Å²) in [7, 11) is 0. The highest BCUT2D eigenvalue weighted by atomic mass is 79.9. The Hall–Kier alpha value is -6.93. The molecule has 436 valence electrons. The minimum atomic E-state index is -0.479. The molecule has 19 nitrogen and oxygen atoms in total. The van der Waals surface area contributed by atoms with E-state index in [9.17, 15) is 9.59 Å². The Balaban J connectivity index is 0.000000158. The van der Waals surface area contributed by atoms with E-state index in [0.717, 1.165) is 86.5 Å². The number of anilines is 4. The number of hydrogen-bond donors (Lipinski definition) is 4. The number of rotatable bonds is 9. The second-order valence-corrected chi connectivity index (χ2v) is 25.1. The fourth-order valence-corrected chi connectivity index (χ4v) is 11.8. The number of alkyl carbamates (subject to hydrolysis) is 2. The molecule has 3 aliphatic carbocycles. The Labute approximate surface area is 493 Å². The molecule has 8 aromatic rings. The first-order chi connectivity index (χ1) is 39.4. The van der Waals surface area contributed by atoms with Gasteiger partial charge in [0.05, 0.1) is 35.3 Å². The highest BCUT2D eigenvalue weighted by molar-refractivity contribution is 9.10. The Kier molecular flexibility index (Phi) is 20.0. The summed E-state index contributed by atoms with van der Waals surface area (Å²) in [5.74, 6) is 2.69. The number of halogens is 2. The fraction of sp³-hybridized carbons (Fsp3) is 0.508. The molecule has 82 heavy (non-hydrogen) atoms. The van der Waals surface area contributed by atoms with Gasteiger partial charge < -0.3 is 45.2 Å². The summed E-state index contributed by atoms with van der Waals surface area (Å²) in [5.41, 5.74) is 10.2. The molecule has 5 N–H and O–H groups in total. The molecule has 0 radical (unpaired) electrons. The predicted molar refractivity (Wildman–Crippen MR) is 330 cm³/mol. The lowest BCUT2D eigenvalue weighted by Crippen LogP contribution is -2.40. The number of nitrogens with one attached hydrogen (secondary N) is 3. The maximum Gasteiger partial charge on any atom is 0.407 e. The van der Waals surface area contributed by atoms with Crippen molar-refractivity contribution in [2.75, 3.05) is 42.1 Å². The van der Waals surface area contributed by atoms with Gasteiger partial charge in [-0.25, -0.2) is 29.5 Å². The molecule has 0 atom stereocenters. The lowest BCUT2D eigenvalue weighted by Gasteiger charge is -2.33. The number of carbonyl (C=O) groups excluding carboxylic acids is 2. The van der Waals surface area contributed by atoms with Gasteiger partial charge in [0.2, 0.25) is 11.9 Å². The first kappa shape index (κ1) is 59.7. The van der Waals surface area contributed by atoms with E-state index in [1.165, 1.54) is 83.5 Å². The predicted octanol–water partition coefficient (Wildman–Crippen LogP) is 14.2. The molecule has 0 aromatic carbocycles. The molecule has 9 heterocycles. The van der Waals surface area contributed by atoms with E-state index in [2.05, 4.69) is 92.9 Å². The van der Waals surface area contributed by atoms with E-state index < -0.39 is 11.2 Å². The number of ether oxygens (including phenoxy) is 2. The molecule has 0 spiro atoms. The third kappa shape index (κ3) is 16.2. The number of nitrogens with zero attached hydrogens (tertiary/aromatic N) is 11. The van der Waals surface area contributed by atoms with Crippen molar-refractivity contribution in [2.45, 2.75) is 161 Å². The number of fused-ring (bicyclic) bond motifs is 6. The molecular weight excluding hydrogens is 1120 g/mol. The second-order valence-electron chi connectivity index (χ2n) is 23.8. The summed E-state index contributed by atoms with van der Waals surface area (Å²) in [6.07, 6.45) is 32.5. The van der Waals surface area contributed by atoms with Crippen LogP contribution >= 0.6 is 27.5 Å². The third-order valence-electron chi connectivity index (χ3n) is 15.3. The van der Waals surface area contributed by atoms with E-state index in [-0.39, 0.29) is 12.2 Å². The molecule has 0 bridgehead atoms. The van der Waals surface area contributed by atoms with Crippen LogP contribution in [0.15, 0.2) is 90.4 Å². The van der Waals surface area contributed by atoms with Gasteiger partial charge in [-0.05, 0) is 157 Å². The number of nitrogens with two attached hydrogens (primary N) is 1. The number of carbonyl (C=O) groups is 2. The minimum absolute atomic E-state index is 0.284. The Morgan fingerprint density at radius 3 is 1.62 bits per heavy atom. The van der Waals surface area contributed by atoms with E-state index in [4.69, 9.17) is 31.8 Å². The van der Waals surface area contributed by atoms with Gasteiger partial charge in [0, 0.05) is 95.3 Å². The van der Waals surface area contributed by atoms with Crippen LogP contribution in [-0.2, 0) is 9.47 Å². The largest absolute Gasteiger partial charge is 0.444 e. The van der Waals surface area contributed by atoms with Crippen LogP contribution < -0.4 is 26.6 Å². The molecule has 1 aliphatic heterocycles. The molecule has 4 aliphatic rings. The zero-order chi connectivity index (χ0) is 57.8. The van der Waals surface area contributed by atoms with Crippen LogP contribution in [0.2, 0.25) is 5.15 Å². The maximum atomic E-state index is 12.0. The number of hydrogen-bond acceptors (Lipinski definition) is 15. The van der Waals surface area contributed by atoms with E-state index in [1.54, 1.807) is 12.3 Å². The van der Waals surface area contributed by atoms with Crippen LogP contribution in [-0.4, -0.2) is 98.6 Å². The Morgan fingerprint density at radius 1 is 0.598 bits per heavy atom. The van der Waals surface area contributed by atoms with E-state index in [1.807, 2.05) is 103 Å². The second kappa shape index (κ2) is 27.4. The zero-order valence-corrected chi connectivity index (χ0v) is 50.6. The number of amides is 2. The normalized spacial score (nSPS) is 16.5. The highest BCUT2D eigenvalue weighted by Gasteiger charge is 2.26. The van der Waals surface area contributed by atoms with Crippen molar-refractivity contribution in [3.8, 4) is 0 Å². The summed E-state index contributed by atoms with van der Waals surface area (Å²) in [5, 5.41) is 14.0. The van der Waals surface area contributed by atoms with Gasteiger partial charge in [-0.1, -0.05) is 56.5 Å². The Morgan fingerprint density at radius 2 is 1.12 bits per heavy atom. The molecule has 4 fully saturated rings. The lowest BCUT2D eigenvalue weighted by molar-refractivity contribution is 0.0504. The van der Waals surface area contributed by atoms with E-state index in [0.29, 0.717) is 53.3 Å². The van der Waals surface area contributed by atoms with Gasteiger partial charge in [-0.3, -0.25) is 9.97 Å². The third-order valence-corrected chi connectivity index (χ3v) is 16.0. The summed E-state index contributed by atoms with van der Waals surface area (Å²) < 4.78 is 16.1. The molecule has 3 saturated carbocycles. The van der Waals surface area contributed by atoms with Crippen LogP contribution in [0.4, 0.5) is 33.0 Å². The van der Waals surface area contributed by atoms with Crippen LogP contribution in [0.1, 0.15) is 150 Å². The van der Waals surface area contributed by atoms with E-state index >= 15 is 0 Å². The van der Waals surface area contributed by atoms with Crippen molar-refractivity contribution in [3.63, 3.8) is 0 Å². The molecule has 12 rings (SSSR count). The van der Waals surface area contributed by atoms with Crippen molar-refractivity contribution >= 4 is 107 Å². The van der Waals surface area contributed by atoms with Gasteiger partial charge in [0.25, 0.3) is 0 Å². The summed E-state index contributed by atoms with van der Waals surface area (Å²) >= 11 is 8.70. The summed E-state index contributed by atoms with van der Waals surface area (Å²) in [6, 6.07) is 12.7. The first-order valence-corrected chi connectivity index (χ1v) is 30.3. The number of aromatic nitrogens is 10. The number of pyridine rings is 4. The lowest BCUT2D eigenvalue weighted by atomic mass is 9.89. The fourth-order valence-electron chi connectivity index (χ4n) is 11.5. The standard InChI is InChI=1S/C30H38N8O2.C14H15N5.C12H23NO2.C5H3BrClN/c1-30(2,3)40-29(39)34-16-20-11-14-37(15-12-20)22-8-9-26(32-17-22)35-28-33-18-24-23-10-13-31-19-25(23)38(27(24)36-28)21-6-4-5-7-21;15-14-17-7-11-10-5-6-16-8-12(10)19(13(11)18-14)9-3-1-2-4-9;1-12(2,3)15-11(14)13-9-10-7-5-4-6-8-10;6-4-1-2-5(7)8-3-4/h8-10,13,17-21H,4-7,11-12,14-16H2,1-3H3,(H,34,39)(H,32,33,35,36);5-9H,1-4H2,(H2,15,17,18);10H,4-9H2,1-3H3,(H,13,14);1-3H. The minimum Gasteiger partial charge on any atom is -0.444 e. The topological polar surface area (TPSA) is 231 Å². The molecular formula is C61H79BrClN15O4. The van der Waals surface area contributed by atoms with Gasteiger partial charge in [-0.15, -0.1) is 0 Å². The van der Waals surface area contributed by atoms with Gasteiger partial charge in [-0.2, -0.15) is 9.97 Å². The van der Waals surface area contributed by atoms with Crippen molar-refractivity contribution < 1.29 is 19.1 Å². The number of nitrogen functional groups attached to an aromatic ring is 1. The molecule has 0 unspecified atom stereocenters. The monoisotopic (exact) mass is 1200 g/mol. The molecule has 8 aromatic heterocycles. The SMILES string of the molecule is CC(C)(C)OC(=O)NCC1CCCCC1.CC(C)(C)OC(=O)NCC1CCN(c2ccc(Nc3ncc4c5ccncc5n(C5CCCC5)c4n3)nc2)CC1.Clc1ccc(Br)cn1.Nc1ncc2c3ccncc3n(C3CCCC3)c2n1. The van der Waals surface area contributed by atoms with Gasteiger partial charge in [0.15, 0.2) is 0 Å². The van der Waals surface area contributed by atoms with Crippen molar-refractivity contribution in [3.05, 3.63) is 95.6 Å². The Bertz CT molecular complexity index is 3350. The van der Waals surface area contributed by atoms with Gasteiger partial charge >= 0.3 is 12.2 Å². The number of piperidine rings is 1. The average molecular weight is 1200 g/mol. The summed E-state index contributed by atoms with van der Waals surface area (Å²) in [6.45, 7) is 14.5. The smallest absolute Gasteiger partial charge is 0.407 e. The molecule has 21 heteroatoms. The van der Waals surface area contributed by atoms with Crippen molar-refractivity contribution in [1.82, 2.24) is 59.6 Å². The van der Waals surface area contributed by atoms with Crippen LogP contribution in [0.25, 0.3) is 43.9 Å². The molecule has 2 amide bonds. The quantitative estimate of drug-likeness (QED) is 0.0985. The van der Waals surface area contributed by atoms with Crippen molar-refractivity contribution in [2.24, 2.45) is 11.8 Å². The molecule has 1 saturated heterocycles. The maximum absolute atomic E-state index is 12.0. The van der Waals surface area contributed by atoms with Crippen LogP contribution in [0, 0.1) is 11.8 Å². The zero-order valence-electron chi connectivity index (χ0n) is 48.2. The summed E-state index contributed by atoms with van der Waals surface area (Å²) in [4.78, 5) is 60.9.